The van der Waals surface area contributed by atoms with Gasteiger partial charge in [0.2, 0.25) is 0 Å². The fourth-order valence-electron chi connectivity index (χ4n) is 9.87. The number of rotatable bonds is 6. The summed E-state index contributed by atoms with van der Waals surface area (Å²) in [5.74, 6) is 1.97. The predicted molar refractivity (Wildman–Crippen MR) is 257 cm³/mol. The molecule has 1 aliphatic carbocycles. The van der Waals surface area contributed by atoms with Crippen LogP contribution in [0.3, 0.4) is 0 Å². The third-order valence-electron chi connectivity index (χ3n) is 12.7. The summed E-state index contributed by atoms with van der Waals surface area (Å²) in [6.07, 6.45) is 0.843. The van der Waals surface area contributed by atoms with Crippen LogP contribution in [0.1, 0.15) is 11.1 Å². The zero-order valence-corrected chi connectivity index (χ0v) is 34.0. The Labute approximate surface area is 363 Å². The lowest BCUT2D eigenvalue weighted by Gasteiger charge is -2.13. The molecule has 5 nitrogen and oxygen atoms in total. The zero-order valence-electron chi connectivity index (χ0n) is 34.0. The number of aromatic nitrogens is 4. The second-order valence-corrected chi connectivity index (χ2v) is 16.3. The quantitative estimate of drug-likeness (QED) is 0.168. The van der Waals surface area contributed by atoms with Crippen molar-refractivity contribution in [2.75, 3.05) is 0 Å². The Kier molecular flexibility index (Phi) is 7.90. The van der Waals surface area contributed by atoms with E-state index in [0.29, 0.717) is 17.5 Å². The fourth-order valence-corrected chi connectivity index (χ4v) is 9.87. The van der Waals surface area contributed by atoms with Crippen molar-refractivity contribution < 1.29 is 4.42 Å². The molecule has 9 aromatic carbocycles. The molecule has 0 saturated carbocycles. The lowest BCUT2D eigenvalue weighted by Crippen LogP contribution is -2.01. The molecule has 3 heterocycles. The summed E-state index contributed by atoms with van der Waals surface area (Å²) in [6, 6.07) is 72.9. The van der Waals surface area contributed by atoms with Gasteiger partial charge in [0.05, 0.1) is 11.0 Å². The Hall–Kier alpha value is -8.41. The molecular weight excluding hydrogens is 769 g/mol. The molecule has 0 N–H and O–H groups in total. The first-order valence-electron chi connectivity index (χ1n) is 21.4. The van der Waals surface area contributed by atoms with E-state index in [1.807, 2.05) is 36.4 Å². The van der Waals surface area contributed by atoms with E-state index in [-0.39, 0.29) is 0 Å². The van der Waals surface area contributed by atoms with Crippen molar-refractivity contribution in [1.82, 2.24) is 19.5 Å². The molecule has 0 saturated heterocycles. The molecule has 0 amide bonds. The van der Waals surface area contributed by atoms with Crippen molar-refractivity contribution in [3.63, 3.8) is 0 Å². The minimum Gasteiger partial charge on any atom is -0.456 e. The van der Waals surface area contributed by atoms with Gasteiger partial charge in [-0.05, 0) is 99.5 Å². The van der Waals surface area contributed by atoms with Crippen LogP contribution >= 0.6 is 0 Å². The molecule has 0 radical (unpaired) electrons. The molecule has 0 bridgehead atoms. The third-order valence-corrected chi connectivity index (χ3v) is 12.7. The normalized spacial score (nSPS) is 12.1. The van der Waals surface area contributed by atoms with Crippen molar-refractivity contribution in [2.24, 2.45) is 0 Å². The molecule has 0 aliphatic heterocycles. The lowest BCUT2D eigenvalue weighted by atomic mass is 9.93. The van der Waals surface area contributed by atoms with Crippen LogP contribution in [0.25, 0.3) is 117 Å². The third kappa shape index (κ3) is 5.67. The van der Waals surface area contributed by atoms with Gasteiger partial charge >= 0.3 is 0 Å². The highest BCUT2D eigenvalue weighted by Crippen LogP contribution is 2.47. The van der Waals surface area contributed by atoms with E-state index in [0.717, 1.165) is 67.4 Å². The van der Waals surface area contributed by atoms with E-state index in [4.69, 9.17) is 19.4 Å². The molecule has 0 spiro atoms. The molecule has 294 valence electrons. The number of nitrogens with zero attached hydrogens (tertiary/aromatic N) is 4. The highest BCUT2D eigenvalue weighted by Gasteiger charge is 2.26. The molecule has 63 heavy (non-hydrogen) atoms. The van der Waals surface area contributed by atoms with Gasteiger partial charge in [0.1, 0.15) is 11.2 Å². The molecule has 5 heteroatoms. The molecule has 12 aromatic rings. The summed E-state index contributed by atoms with van der Waals surface area (Å²) in [5, 5.41) is 4.67. The second kappa shape index (κ2) is 14.1. The Balaban J connectivity index is 0.967. The smallest absolute Gasteiger partial charge is 0.164 e. The van der Waals surface area contributed by atoms with E-state index in [1.165, 1.54) is 49.6 Å². The minimum atomic E-state index is 0.653. The zero-order chi connectivity index (χ0) is 41.4. The van der Waals surface area contributed by atoms with Crippen LogP contribution in [-0.4, -0.2) is 19.5 Å². The van der Waals surface area contributed by atoms with Gasteiger partial charge in [-0.3, -0.25) is 0 Å². The summed E-state index contributed by atoms with van der Waals surface area (Å²) in [4.78, 5) is 15.3. The van der Waals surface area contributed by atoms with E-state index in [2.05, 4.69) is 174 Å². The SMILES string of the molecule is c1ccc(-c2nc(-c3ccccc3)nc(-c3cccc4c3-c3cc(-c5cccc6oc7ccc(-c8cccc9c8c8ccccc8n9-c8ccccc8)cc7c56)ccc3C4)n2)cc1. The number of fused-ring (bicyclic) bond motifs is 9. The number of para-hydroxylation sites is 2. The standard InChI is InChI=1S/C58H36N4O/c1-4-15-36(16-5-1)56-59-57(37-17-6-2-7-18-37)61-58(60-56)46-25-12-19-41-33-38-29-30-39(34-47(38)53(41)46)44-24-14-28-52-55(44)48-35-40(31-32-51(48)63-52)43-23-13-27-50-54(43)45-22-10-11-26-49(45)62(50)42-20-8-3-9-21-42/h1-32,34-35H,33H2. The molecule has 0 fully saturated rings. The molecule has 0 atom stereocenters. The van der Waals surface area contributed by atoms with Crippen LogP contribution in [0.5, 0.6) is 0 Å². The maximum absolute atomic E-state index is 6.62. The summed E-state index contributed by atoms with van der Waals surface area (Å²) in [7, 11) is 0. The van der Waals surface area contributed by atoms with Gasteiger partial charge in [-0.2, -0.15) is 0 Å². The summed E-state index contributed by atoms with van der Waals surface area (Å²) in [6.45, 7) is 0. The van der Waals surface area contributed by atoms with E-state index in [9.17, 15) is 0 Å². The molecule has 1 aliphatic rings. The van der Waals surface area contributed by atoms with Gasteiger partial charge < -0.3 is 8.98 Å². The van der Waals surface area contributed by atoms with Crippen molar-refractivity contribution in [2.45, 2.75) is 6.42 Å². The maximum atomic E-state index is 6.62. The van der Waals surface area contributed by atoms with Gasteiger partial charge in [0.15, 0.2) is 17.5 Å². The number of hydrogen-bond acceptors (Lipinski definition) is 4. The van der Waals surface area contributed by atoms with Crippen molar-refractivity contribution in [3.05, 3.63) is 217 Å². The predicted octanol–water partition coefficient (Wildman–Crippen LogP) is 14.8. The molecule has 0 unspecified atom stereocenters. The first kappa shape index (κ1) is 35.4. The average molecular weight is 805 g/mol. The Morgan fingerprint density at radius 2 is 0.968 bits per heavy atom. The van der Waals surface area contributed by atoms with E-state index >= 15 is 0 Å². The van der Waals surface area contributed by atoms with Crippen molar-refractivity contribution in [3.8, 4) is 73.2 Å². The number of hydrogen-bond donors (Lipinski definition) is 0. The maximum Gasteiger partial charge on any atom is 0.164 e. The number of furan rings is 1. The van der Waals surface area contributed by atoms with Crippen LogP contribution in [-0.2, 0) is 6.42 Å². The molecule has 13 rings (SSSR count). The average Bonchev–Trinajstić information content (AvgIpc) is 4.04. The molecular formula is C58H36N4O. The van der Waals surface area contributed by atoms with Crippen LogP contribution in [0.15, 0.2) is 211 Å². The van der Waals surface area contributed by atoms with E-state index < -0.39 is 0 Å². The Morgan fingerprint density at radius 3 is 1.75 bits per heavy atom. The first-order valence-corrected chi connectivity index (χ1v) is 21.4. The summed E-state index contributed by atoms with van der Waals surface area (Å²) in [5.41, 5.74) is 17.7. The van der Waals surface area contributed by atoms with Crippen molar-refractivity contribution >= 4 is 43.7 Å². The summed E-state index contributed by atoms with van der Waals surface area (Å²) >= 11 is 0. The highest BCUT2D eigenvalue weighted by atomic mass is 16.3. The molecule has 3 aromatic heterocycles. The highest BCUT2D eigenvalue weighted by molar-refractivity contribution is 6.18. The Morgan fingerprint density at radius 1 is 0.365 bits per heavy atom. The van der Waals surface area contributed by atoms with Crippen LogP contribution < -0.4 is 0 Å². The second-order valence-electron chi connectivity index (χ2n) is 16.3. The van der Waals surface area contributed by atoms with E-state index in [1.54, 1.807) is 0 Å². The topological polar surface area (TPSA) is 56.7 Å². The van der Waals surface area contributed by atoms with Gasteiger partial charge in [-0.25, -0.2) is 15.0 Å². The minimum absolute atomic E-state index is 0.653. The largest absolute Gasteiger partial charge is 0.456 e. The number of benzene rings is 9. The van der Waals surface area contributed by atoms with Gasteiger partial charge in [-0.15, -0.1) is 0 Å². The van der Waals surface area contributed by atoms with Gasteiger partial charge in [0.25, 0.3) is 0 Å². The van der Waals surface area contributed by atoms with Crippen LogP contribution in [0.2, 0.25) is 0 Å². The van der Waals surface area contributed by atoms with Crippen LogP contribution in [0, 0.1) is 0 Å². The van der Waals surface area contributed by atoms with Gasteiger partial charge in [-0.1, -0.05) is 158 Å². The first-order chi connectivity index (χ1) is 31.2. The fraction of sp³-hybridized carbons (Fsp3) is 0.0172. The lowest BCUT2D eigenvalue weighted by molar-refractivity contribution is 0.669. The van der Waals surface area contributed by atoms with Crippen molar-refractivity contribution in [1.29, 1.82) is 0 Å². The van der Waals surface area contributed by atoms with Crippen LogP contribution in [0.4, 0.5) is 0 Å². The van der Waals surface area contributed by atoms with Gasteiger partial charge in [0, 0.05) is 43.9 Å². The monoisotopic (exact) mass is 804 g/mol. The summed E-state index contributed by atoms with van der Waals surface area (Å²) < 4.78 is 9.00. The Bertz CT molecular complexity index is 3700.